The SMILES string of the molecule is COc1cccc(/C=C/Cc2ccc(C(C)=O)cc2)c1. The lowest BCUT2D eigenvalue weighted by Gasteiger charge is -2.01. The zero-order valence-corrected chi connectivity index (χ0v) is 11.8. The molecule has 2 aromatic carbocycles. The van der Waals surface area contributed by atoms with E-state index in [1.807, 2.05) is 48.5 Å². The van der Waals surface area contributed by atoms with E-state index in [1.54, 1.807) is 14.0 Å². The zero-order valence-electron chi connectivity index (χ0n) is 11.8. The normalized spacial score (nSPS) is 10.7. The predicted octanol–water partition coefficient (Wildman–Crippen LogP) is 4.15. The minimum atomic E-state index is 0.100. The average molecular weight is 266 g/mol. The number of benzene rings is 2. The molecule has 2 rings (SSSR count). The van der Waals surface area contributed by atoms with Gasteiger partial charge >= 0.3 is 0 Å². The summed E-state index contributed by atoms with van der Waals surface area (Å²) < 4.78 is 5.19. The number of hydrogen-bond donors (Lipinski definition) is 0. The second-order valence-corrected chi connectivity index (χ2v) is 4.64. The molecule has 0 spiro atoms. The summed E-state index contributed by atoms with van der Waals surface area (Å²) in [5, 5.41) is 0. The van der Waals surface area contributed by atoms with Crippen LogP contribution in [-0.2, 0) is 6.42 Å². The molecular formula is C18H18O2. The number of ketones is 1. The fourth-order valence-corrected chi connectivity index (χ4v) is 1.95. The monoisotopic (exact) mass is 266 g/mol. The summed E-state index contributed by atoms with van der Waals surface area (Å²) in [4.78, 5) is 11.2. The molecule has 20 heavy (non-hydrogen) atoms. The van der Waals surface area contributed by atoms with E-state index in [1.165, 1.54) is 5.56 Å². The Labute approximate surface area is 119 Å². The fraction of sp³-hybridized carbons (Fsp3) is 0.167. The summed E-state index contributed by atoms with van der Waals surface area (Å²) in [6, 6.07) is 15.7. The van der Waals surface area contributed by atoms with Crippen molar-refractivity contribution in [1.29, 1.82) is 0 Å². The standard InChI is InChI=1S/C18H18O2/c1-14(19)17-11-9-15(10-12-17)5-3-6-16-7-4-8-18(13-16)20-2/h3-4,6-13H,5H2,1-2H3/b6-3+. The van der Waals surface area contributed by atoms with E-state index in [0.717, 1.165) is 23.3 Å². The largest absolute Gasteiger partial charge is 0.497 e. The number of carbonyl (C=O) groups is 1. The Bertz CT molecular complexity index is 610. The van der Waals surface area contributed by atoms with Crippen molar-refractivity contribution in [1.82, 2.24) is 0 Å². The van der Waals surface area contributed by atoms with Crippen LogP contribution < -0.4 is 4.74 Å². The van der Waals surface area contributed by atoms with Crippen molar-refractivity contribution in [3.05, 3.63) is 71.3 Å². The van der Waals surface area contributed by atoms with Gasteiger partial charge in [-0.1, -0.05) is 48.6 Å². The maximum absolute atomic E-state index is 11.2. The summed E-state index contributed by atoms with van der Waals surface area (Å²) in [6.45, 7) is 1.58. The molecule has 0 saturated heterocycles. The molecule has 0 aromatic heterocycles. The molecular weight excluding hydrogens is 248 g/mol. The lowest BCUT2D eigenvalue weighted by atomic mass is 10.1. The van der Waals surface area contributed by atoms with Gasteiger partial charge in [-0.2, -0.15) is 0 Å². The molecule has 2 heteroatoms. The molecule has 0 bridgehead atoms. The second-order valence-electron chi connectivity index (χ2n) is 4.64. The molecule has 2 aromatic rings. The Hall–Kier alpha value is -2.35. The van der Waals surface area contributed by atoms with Crippen LogP contribution in [0.4, 0.5) is 0 Å². The summed E-state index contributed by atoms with van der Waals surface area (Å²) >= 11 is 0. The summed E-state index contributed by atoms with van der Waals surface area (Å²) in [7, 11) is 1.67. The number of Topliss-reactive ketones (excluding diaryl/α,β-unsaturated/α-hetero) is 1. The smallest absolute Gasteiger partial charge is 0.159 e. The first-order valence-electron chi connectivity index (χ1n) is 6.59. The minimum Gasteiger partial charge on any atom is -0.497 e. The molecule has 0 N–H and O–H groups in total. The van der Waals surface area contributed by atoms with Gasteiger partial charge in [0.1, 0.15) is 5.75 Å². The molecule has 0 amide bonds. The molecule has 0 atom stereocenters. The van der Waals surface area contributed by atoms with Crippen LogP contribution in [0, 0.1) is 0 Å². The number of allylic oxidation sites excluding steroid dienone is 1. The molecule has 0 aliphatic heterocycles. The van der Waals surface area contributed by atoms with E-state index in [4.69, 9.17) is 4.74 Å². The van der Waals surface area contributed by atoms with Crippen LogP contribution in [0.15, 0.2) is 54.6 Å². The van der Waals surface area contributed by atoms with Crippen molar-refractivity contribution in [3.63, 3.8) is 0 Å². The molecule has 0 aliphatic rings. The molecule has 0 radical (unpaired) electrons. The Kier molecular flexibility index (Phi) is 4.72. The lowest BCUT2D eigenvalue weighted by Crippen LogP contribution is -1.91. The van der Waals surface area contributed by atoms with Crippen molar-refractivity contribution in [2.45, 2.75) is 13.3 Å². The van der Waals surface area contributed by atoms with Crippen LogP contribution in [-0.4, -0.2) is 12.9 Å². The van der Waals surface area contributed by atoms with Crippen LogP contribution in [0.2, 0.25) is 0 Å². The Morgan fingerprint density at radius 3 is 2.55 bits per heavy atom. The average Bonchev–Trinajstić information content (AvgIpc) is 2.48. The first kappa shape index (κ1) is 14.1. The highest BCUT2D eigenvalue weighted by atomic mass is 16.5. The van der Waals surface area contributed by atoms with Crippen molar-refractivity contribution >= 4 is 11.9 Å². The van der Waals surface area contributed by atoms with E-state index in [-0.39, 0.29) is 5.78 Å². The topological polar surface area (TPSA) is 26.3 Å². The molecule has 102 valence electrons. The van der Waals surface area contributed by atoms with Gasteiger partial charge in [-0.05, 0) is 36.6 Å². The molecule has 0 saturated carbocycles. The number of ether oxygens (including phenoxy) is 1. The third kappa shape index (κ3) is 3.82. The first-order valence-corrected chi connectivity index (χ1v) is 6.59. The highest BCUT2D eigenvalue weighted by molar-refractivity contribution is 5.94. The van der Waals surface area contributed by atoms with Crippen molar-refractivity contribution in [2.75, 3.05) is 7.11 Å². The third-order valence-corrected chi connectivity index (χ3v) is 3.12. The van der Waals surface area contributed by atoms with Gasteiger partial charge in [0.05, 0.1) is 7.11 Å². The highest BCUT2D eigenvalue weighted by Gasteiger charge is 1.97. The molecule has 2 nitrogen and oxygen atoms in total. The number of carbonyl (C=O) groups excluding carboxylic acids is 1. The van der Waals surface area contributed by atoms with Gasteiger partial charge in [0, 0.05) is 5.56 Å². The van der Waals surface area contributed by atoms with Gasteiger partial charge < -0.3 is 4.74 Å². The Balaban J connectivity index is 2.00. The van der Waals surface area contributed by atoms with E-state index >= 15 is 0 Å². The van der Waals surface area contributed by atoms with Crippen LogP contribution in [0.3, 0.4) is 0 Å². The fourth-order valence-electron chi connectivity index (χ4n) is 1.95. The van der Waals surface area contributed by atoms with Gasteiger partial charge in [0.2, 0.25) is 0 Å². The molecule has 0 heterocycles. The molecule has 0 unspecified atom stereocenters. The second kappa shape index (κ2) is 6.71. The van der Waals surface area contributed by atoms with Crippen LogP contribution in [0.1, 0.15) is 28.4 Å². The van der Waals surface area contributed by atoms with Gasteiger partial charge in [0.15, 0.2) is 5.78 Å². The van der Waals surface area contributed by atoms with Crippen LogP contribution >= 0.6 is 0 Å². The van der Waals surface area contributed by atoms with E-state index in [2.05, 4.69) is 12.2 Å². The van der Waals surface area contributed by atoms with Gasteiger partial charge in [0.25, 0.3) is 0 Å². The quantitative estimate of drug-likeness (QED) is 0.760. The number of methoxy groups -OCH3 is 1. The lowest BCUT2D eigenvalue weighted by molar-refractivity contribution is 0.101. The van der Waals surface area contributed by atoms with E-state index in [0.29, 0.717) is 0 Å². The van der Waals surface area contributed by atoms with Crippen molar-refractivity contribution < 1.29 is 9.53 Å². The van der Waals surface area contributed by atoms with E-state index in [9.17, 15) is 4.79 Å². The van der Waals surface area contributed by atoms with Crippen LogP contribution in [0.5, 0.6) is 5.75 Å². The van der Waals surface area contributed by atoms with Crippen LogP contribution in [0.25, 0.3) is 6.08 Å². The van der Waals surface area contributed by atoms with Gasteiger partial charge in [-0.3, -0.25) is 4.79 Å². The predicted molar refractivity (Wildman–Crippen MR) is 82.2 cm³/mol. The van der Waals surface area contributed by atoms with Gasteiger partial charge in [-0.25, -0.2) is 0 Å². The summed E-state index contributed by atoms with van der Waals surface area (Å²) in [5.41, 5.74) is 3.06. The molecule has 0 fully saturated rings. The minimum absolute atomic E-state index is 0.100. The Morgan fingerprint density at radius 2 is 1.90 bits per heavy atom. The zero-order chi connectivity index (χ0) is 14.4. The van der Waals surface area contributed by atoms with E-state index < -0.39 is 0 Å². The highest BCUT2D eigenvalue weighted by Crippen LogP contribution is 2.14. The number of hydrogen-bond acceptors (Lipinski definition) is 2. The molecule has 0 aliphatic carbocycles. The maximum Gasteiger partial charge on any atom is 0.159 e. The maximum atomic E-state index is 11.2. The first-order chi connectivity index (χ1) is 9.69. The summed E-state index contributed by atoms with van der Waals surface area (Å²) in [6.07, 6.45) is 5.02. The Morgan fingerprint density at radius 1 is 1.15 bits per heavy atom. The van der Waals surface area contributed by atoms with Crippen molar-refractivity contribution in [3.8, 4) is 5.75 Å². The van der Waals surface area contributed by atoms with Gasteiger partial charge in [-0.15, -0.1) is 0 Å². The third-order valence-electron chi connectivity index (χ3n) is 3.12. The number of rotatable bonds is 5. The van der Waals surface area contributed by atoms with Crippen molar-refractivity contribution in [2.24, 2.45) is 0 Å². The summed E-state index contributed by atoms with van der Waals surface area (Å²) in [5.74, 6) is 0.960.